The maximum Gasteiger partial charge on any atom is 0.344 e. The van der Waals surface area contributed by atoms with E-state index in [1.54, 1.807) is 12.1 Å². The molecule has 1 heterocycles. The molecule has 10 heteroatoms. The number of hydrogen-bond acceptors (Lipinski definition) is 5. The summed E-state index contributed by atoms with van der Waals surface area (Å²) in [5.41, 5.74) is 0.807. The van der Waals surface area contributed by atoms with Crippen molar-refractivity contribution in [2.75, 3.05) is 0 Å². The van der Waals surface area contributed by atoms with E-state index in [-0.39, 0.29) is 27.3 Å². The minimum atomic E-state index is -1.14. The van der Waals surface area contributed by atoms with Gasteiger partial charge in [0.2, 0.25) is 0 Å². The number of rotatable bonds is 7. The summed E-state index contributed by atoms with van der Waals surface area (Å²) in [6, 6.07) is 8.39. The lowest BCUT2D eigenvalue weighted by molar-refractivity contribution is -0.144. The van der Waals surface area contributed by atoms with Gasteiger partial charge in [0.15, 0.2) is 11.9 Å². The molecule has 3 rings (SSSR count). The minimum absolute atomic E-state index is 0.00615. The van der Waals surface area contributed by atoms with E-state index in [1.165, 1.54) is 29.9 Å². The summed E-state index contributed by atoms with van der Waals surface area (Å²) in [7, 11) is 0. The average Bonchev–Trinajstić information content (AvgIpc) is 2.75. The first-order valence-electron chi connectivity index (χ1n) is 9.77. The highest BCUT2D eigenvalue weighted by Crippen LogP contribution is 2.34. The van der Waals surface area contributed by atoms with Crippen molar-refractivity contribution in [2.45, 2.75) is 39.2 Å². The lowest BCUT2D eigenvalue weighted by Crippen LogP contribution is -2.24. The second-order valence-electron chi connectivity index (χ2n) is 7.21. The van der Waals surface area contributed by atoms with Crippen molar-refractivity contribution < 1.29 is 14.6 Å². The van der Waals surface area contributed by atoms with Crippen LogP contribution in [0.4, 0.5) is 0 Å². The number of carboxylic acids is 1. The molecule has 0 amide bonds. The van der Waals surface area contributed by atoms with Gasteiger partial charge in [0, 0.05) is 10.4 Å². The molecule has 2 atom stereocenters. The molecule has 3 aromatic rings. The number of nitrogens with zero attached hydrogens (tertiary/aromatic N) is 3. The number of benzene rings is 2. The molecule has 2 aromatic carbocycles. The predicted octanol–water partition coefficient (Wildman–Crippen LogP) is 5.71. The molecule has 0 unspecified atom stereocenters. The van der Waals surface area contributed by atoms with Crippen LogP contribution in [0, 0.1) is 0 Å². The van der Waals surface area contributed by atoms with Crippen LogP contribution >= 0.6 is 39.1 Å². The lowest BCUT2D eigenvalue weighted by atomic mass is 10.1. The topological polar surface area (TPSA) is 93.8 Å². The molecule has 0 saturated heterocycles. The lowest BCUT2D eigenvalue weighted by Gasteiger charge is -2.15. The van der Waals surface area contributed by atoms with Crippen molar-refractivity contribution in [1.29, 1.82) is 0 Å². The standard InChI is InChI=1S/C22H20BrCl2N3O4/c1-4-11(2)20-27-18-6-5-14(23)9-15(18)21(29)28(20)26-10-13-7-16(24)19(17(25)8-13)32-12(3)22(30)31/h5-12H,4H2,1-3H3,(H,30,31)/t11-,12+/m1/s1. The average molecular weight is 541 g/mol. The Morgan fingerprint density at radius 1 is 1.28 bits per heavy atom. The van der Waals surface area contributed by atoms with E-state index in [2.05, 4.69) is 26.0 Å². The SMILES string of the molecule is CC[C@@H](C)c1nc2ccc(Br)cc2c(=O)n1N=Cc1cc(Cl)c(O[C@@H](C)C(=O)O)c(Cl)c1. The quantitative estimate of drug-likeness (QED) is 0.387. The largest absolute Gasteiger partial charge is 0.479 e. The van der Waals surface area contributed by atoms with Gasteiger partial charge in [-0.05, 0) is 49.2 Å². The van der Waals surface area contributed by atoms with Crippen molar-refractivity contribution >= 4 is 62.2 Å². The van der Waals surface area contributed by atoms with Crippen LogP contribution in [0.1, 0.15) is 44.5 Å². The van der Waals surface area contributed by atoms with Crippen molar-refractivity contribution in [1.82, 2.24) is 9.66 Å². The van der Waals surface area contributed by atoms with Gasteiger partial charge in [-0.2, -0.15) is 9.78 Å². The molecule has 0 aliphatic rings. The number of hydrogen-bond donors (Lipinski definition) is 1. The molecule has 32 heavy (non-hydrogen) atoms. The van der Waals surface area contributed by atoms with Crippen molar-refractivity contribution in [3.63, 3.8) is 0 Å². The summed E-state index contributed by atoms with van der Waals surface area (Å²) >= 11 is 15.9. The molecule has 0 fully saturated rings. The number of aliphatic carboxylic acids is 1. The molecular formula is C22H20BrCl2N3O4. The predicted molar refractivity (Wildman–Crippen MR) is 130 cm³/mol. The smallest absolute Gasteiger partial charge is 0.344 e. The second kappa shape index (κ2) is 10.0. The molecule has 0 bridgehead atoms. The zero-order valence-corrected chi connectivity index (χ0v) is 20.6. The molecule has 0 aliphatic heterocycles. The Morgan fingerprint density at radius 3 is 2.53 bits per heavy atom. The first-order chi connectivity index (χ1) is 15.1. The monoisotopic (exact) mass is 539 g/mol. The molecule has 0 saturated carbocycles. The van der Waals surface area contributed by atoms with Crippen molar-refractivity contribution in [3.8, 4) is 5.75 Å². The Kier molecular flexibility index (Phi) is 7.59. The summed E-state index contributed by atoms with van der Waals surface area (Å²) in [6.07, 6.45) is 1.10. The Labute approximate surface area is 202 Å². The van der Waals surface area contributed by atoms with Gasteiger partial charge in [0.05, 0.1) is 27.2 Å². The Morgan fingerprint density at radius 2 is 1.94 bits per heavy atom. The van der Waals surface area contributed by atoms with Gasteiger partial charge in [-0.25, -0.2) is 9.78 Å². The zero-order chi connectivity index (χ0) is 23.6. The number of carboxylic acid groups (broad SMARTS) is 1. The van der Waals surface area contributed by atoms with Crippen LogP contribution in [-0.4, -0.2) is 33.1 Å². The van der Waals surface area contributed by atoms with Crippen LogP contribution in [0.25, 0.3) is 10.9 Å². The molecule has 0 radical (unpaired) electrons. The Balaban J connectivity index is 2.07. The zero-order valence-electron chi connectivity index (χ0n) is 17.5. The molecule has 1 N–H and O–H groups in total. The van der Waals surface area contributed by atoms with Gasteiger partial charge < -0.3 is 9.84 Å². The highest BCUT2D eigenvalue weighted by atomic mass is 79.9. The third-order valence-corrected chi connectivity index (χ3v) is 5.93. The van der Waals surface area contributed by atoms with Gasteiger partial charge in [-0.3, -0.25) is 4.79 Å². The molecular weight excluding hydrogens is 521 g/mol. The maximum atomic E-state index is 13.2. The van der Waals surface area contributed by atoms with Gasteiger partial charge >= 0.3 is 5.97 Å². The minimum Gasteiger partial charge on any atom is -0.479 e. The maximum absolute atomic E-state index is 13.2. The second-order valence-corrected chi connectivity index (χ2v) is 8.94. The first-order valence-corrected chi connectivity index (χ1v) is 11.3. The van der Waals surface area contributed by atoms with Crippen LogP contribution in [-0.2, 0) is 4.79 Å². The van der Waals surface area contributed by atoms with E-state index in [4.69, 9.17) is 33.0 Å². The summed E-state index contributed by atoms with van der Waals surface area (Å²) in [6.45, 7) is 5.35. The van der Waals surface area contributed by atoms with Crippen LogP contribution in [0.15, 0.2) is 44.7 Å². The van der Waals surface area contributed by atoms with E-state index in [1.807, 2.05) is 19.9 Å². The molecule has 0 spiro atoms. The summed E-state index contributed by atoms with van der Waals surface area (Å²) < 4.78 is 7.36. The number of ether oxygens (including phenoxy) is 1. The van der Waals surface area contributed by atoms with Crippen LogP contribution < -0.4 is 10.3 Å². The normalized spacial score (nSPS) is 13.4. The van der Waals surface area contributed by atoms with E-state index >= 15 is 0 Å². The molecule has 168 valence electrons. The fourth-order valence-electron chi connectivity index (χ4n) is 2.90. The van der Waals surface area contributed by atoms with Gasteiger partial charge in [-0.1, -0.05) is 53.0 Å². The van der Waals surface area contributed by atoms with E-state index in [0.29, 0.717) is 22.3 Å². The number of carbonyl (C=O) groups is 1. The summed E-state index contributed by atoms with van der Waals surface area (Å²) in [5.74, 6) is -0.547. The number of halogens is 3. The molecule has 0 aliphatic carbocycles. The number of fused-ring (bicyclic) bond motifs is 1. The fraction of sp³-hybridized carbons (Fsp3) is 0.273. The molecule has 1 aromatic heterocycles. The first kappa shape index (κ1) is 24.2. The van der Waals surface area contributed by atoms with Crippen LogP contribution in [0.5, 0.6) is 5.75 Å². The third-order valence-electron chi connectivity index (χ3n) is 4.87. The Bertz CT molecular complexity index is 1250. The van der Waals surface area contributed by atoms with Crippen LogP contribution in [0.3, 0.4) is 0 Å². The molecule has 7 nitrogen and oxygen atoms in total. The highest BCUT2D eigenvalue weighted by molar-refractivity contribution is 9.10. The Hall–Kier alpha value is -2.42. The fourth-order valence-corrected chi connectivity index (χ4v) is 3.85. The van der Waals surface area contributed by atoms with Crippen molar-refractivity contribution in [2.24, 2.45) is 5.10 Å². The van der Waals surface area contributed by atoms with Crippen molar-refractivity contribution in [3.05, 3.63) is 66.6 Å². The van der Waals surface area contributed by atoms with E-state index in [0.717, 1.165) is 10.9 Å². The summed E-state index contributed by atoms with van der Waals surface area (Å²) in [5, 5.41) is 14.1. The van der Waals surface area contributed by atoms with Gasteiger partial charge in [0.25, 0.3) is 5.56 Å². The van der Waals surface area contributed by atoms with E-state index in [9.17, 15) is 9.59 Å². The third kappa shape index (κ3) is 5.14. The summed E-state index contributed by atoms with van der Waals surface area (Å²) in [4.78, 5) is 28.9. The van der Waals surface area contributed by atoms with E-state index < -0.39 is 12.1 Å². The van der Waals surface area contributed by atoms with Gasteiger partial charge in [0.1, 0.15) is 5.82 Å². The van der Waals surface area contributed by atoms with Gasteiger partial charge in [-0.15, -0.1) is 0 Å². The number of aromatic nitrogens is 2. The van der Waals surface area contributed by atoms with Crippen LogP contribution in [0.2, 0.25) is 10.0 Å². The highest BCUT2D eigenvalue weighted by Gasteiger charge is 2.18.